The minimum Gasteiger partial charge on any atom is -0.467 e. The van der Waals surface area contributed by atoms with E-state index in [2.05, 4.69) is 15.2 Å². The Kier molecular flexibility index (Phi) is 4.85. The molecule has 0 aliphatic carbocycles. The number of esters is 1. The highest BCUT2D eigenvalue weighted by atomic mass is 16.5. The van der Waals surface area contributed by atoms with E-state index in [0.717, 1.165) is 0 Å². The van der Waals surface area contributed by atoms with Crippen LogP contribution in [0.3, 0.4) is 0 Å². The van der Waals surface area contributed by atoms with Crippen LogP contribution in [0.2, 0.25) is 0 Å². The van der Waals surface area contributed by atoms with Gasteiger partial charge in [0.25, 0.3) is 5.91 Å². The molecule has 1 amide bonds. The Hall–Kier alpha value is -1.89. The van der Waals surface area contributed by atoms with Crippen molar-refractivity contribution in [2.75, 3.05) is 13.7 Å². The highest BCUT2D eigenvalue weighted by molar-refractivity contribution is 5.98. The number of carbonyl (C=O) groups is 2. The zero-order valence-corrected chi connectivity index (χ0v) is 10.5. The van der Waals surface area contributed by atoms with Crippen LogP contribution in [-0.2, 0) is 16.0 Å². The number of hydrogen-bond donors (Lipinski definition) is 2. The number of methoxy groups -OCH3 is 1. The quantitative estimate of drug-likeness (QED) is 0.708. The maximum atomic E-state index is 12.0. The number of ether oxygens (including phenoxy) is 1. The molecule has 1 atom stereocenters. The Morgan fingerprint density at radius 2 is 2.22 bits per heavy atom. The van der Waals surface area contributed by atoms with Crippen LogP contribution in [0.15, 0.2) is 4.52 Å². The molecule has 100 valence electrons. The number of hydrogen-bond acceptors (Lipinski definition) is 6. The van der Waals surface area contributed by atoms with Crippen molar-refractivity contribution in [2.24, 2.45) is 0 Å². The topological polar surface area (TPSA) is 102 Å². The summed E-state index contributed by atoms with van der Waals surface area (Å²) in [6.45, 7) is 2.90. The first-order valence-corrected chi connectivity index (χ1v) is 5.49. The highest BCUT2D eigenvalue weighted by Crippen LogP contribution is 2.13. The molecule has 1 heterocycles. The van der Waals surface area contributed by atoms with E-state index in [1.165, 1.54) is 7.11 Å². The molecule has 0 bridgehead atoms. The van der Waals surface area contributed by atoms with Gasteiger partial charge in [0.1, 0.15) is 11.3 Å². The molecule has 0 fully saturated rings. The van der Waals surface area contributed by atoms with Gasteiger partial charge in [-0.05, 0) is 13.3 Å². The number of rotatable bonds is 5. The lowest BCUT2D eigenvalue weighted by Gasteiger charge is -2.13. The average molecular weight is 256 g/mol. The van der Waals surface area contributed by atoms with Gasteiger partial charge in [-0.15, -0.1) is 0 Å². The Morgan fingerprint density at radius 3 is 2.72 bits per heavy atom. The van der Waals surface area contributed by atoms with Crippen molar-refractivity contribution in [3.63, 3.8) is 0 Å². The molecule has 1 aromatic rings. The predicted molar refractivity (Wildman–Crippen MR) is 61.0 cm³/mol. The van der Waals surface area contributed by atoms with Gasteiger partial charge >= 0.3 is 5.97 Å². The zero-order valence-electron chi connectivity index (χ0n) is 10.5. The number of aliphatic hydroxyl groups is 1. The molecular weight excluding hydrogens is 240 g/mol. The molecule has 7 heteroatoms. The molecule has 2 N–H and O–H groups in total. The van der Waals surface area contributed by atoms with Crippen molar-refractivity contribution < 1.29 is 24.0 Å². The van der Waals surface area contributed by atoms with E-state index in [1.807, 2.05) is 6.92 Å². The fraction of sp³-hybridized carbons (Fsp3) is 0.545. The normalized spacial score (nSPS) is 12.0. The molecule has 0 aromatic carbocycles. The van der Waals surface area contributed by atoms with E-state index in [0.29, 0.717) is 23.4 Å². The van der Waals surface area contributed by atoms with Crippen LogP contribution in [0.25, 0.3) is 0 Å². The maximum absolute atomic E-state index is 12.0. The molecule has 18 heavy (non-hydrogen) atoms. The van der Waals surface area contributed by atoms with Crippen LogP contribution in [0.1, 0.15) is 28.7 Å². The van der Waals surface area contributed by atoms with Gasteiger partial charge in [0, 0.05) is 0 Å². The van der Waals surface area contributed by atoms with E-state index in [1.54, 1.807) is 6.92 Å². The van der Waals surface area contributed by atoms with Crippen LogP contribution in [0, 0.1) is 6.92 Å². The van der Waals surface area contributed by atoms with E-state index in [-0.39, 0.29) is 0 Å². The van der Waals surface area contributed by atoms with Gasteiger partial charge in [0.05, 0.1) is 19.4 Å². The highest BCUT2D eigenvalue weighted by Gasteiger charge is 2.25. The van der Waals surface area contributed by atoms with E-state index >= 15 is 0 Å². The molecule has 0 saturated carbocycles. The number of carbonyl (C=O) groups excluding carboxylic acids is 2. The van der Waals surface area contributed by atoms with Gasteiger partial charge in [-0.2, -0.15) is 0 Å². The van der Waals surface area contributed by atoms with Crippen molar-refractivity contribution in [3.8, 4) is 0 Å². The number of nitrogens with zero attached hydrogens (tertiary/aromatic N) is 1. The number of aryl methyl sites for hydroxylation is 2. The molecule has 0 aliphatic rings. The van der Waals surface area contributed by atoms with Gasteiger partial charge in [-0.1, -0.05) is 12.1 Å². The first kappa shape index (κ1) is 14.2. The third-order valence-corrected chi connectivity index (χ3v) is 2.47. The summed E-state index contributed by atoms with van der Waals surface area (Å²) < 4.78 is 9.38. The van der Waals surface area contributed by atoms with Crippen LogP contribution in [0.5, 0.6) is 0 Å². The molecule has 1 unspecified atom stereocenters. The lowest BCUT2D eigenvalue weighted by Crippen LogP contribution is -2.44. The van der Waals surface area contributed by atoms with Crippen LogP contribution < -0.4 is 5.32 Å². The van der Waals surface area contributed by atoms with Gasteiger partial charge < -0.3 is 19.7 Å². The lowest BCUT2D eigenvalue weighted by molar-refractivity contribution is -0.143. The molecule has 1 rings (SSSR count). The van der Waals surface area contributed by atoms with Crippen molar-refractivity contribution in [1.29, 1.82) is 0 Å². The molecule has 1 aromatic heterocycles. The Morgan fingerprint density at radius 1 is 1.56 bits per heavy atom. The van der Waals surface area contributed by atoms with E-state index in [4.69, 9.17) is 9.63 Å². The second kappa shape index (κ2) is 6.15. The van der Waals surface area contributed by atoms with Crippen LogP contribution >= 0.6 is 0 Å². The lowest BCUT2D eigenvalue weighted by atomic mass is 10.1. The van der Waals surface area contributed by atoms with Gasteiger partial charge in [-0.25, -0.2) is 4.79 Å². The fourth-order valence-electron chi connectivity index (χ4n) is 1.50. The van der Waals surface area contributed by atoms with Gasteiger partial charge in [0.15, 0.2) is 6.04 Å². The summed E-state index contributed by atoms with van der Waals surface area (Å²) in [6, 6.07) is -1.10. The van der Waals surface area contributed by atoms with Crippen molar-refractivity contribution >= 4 is 11.9 Å². The fourth-order valence-corrected chi connectivity index (χ4v) is 1.50. The maximum Gasteiger partial charge on any atom is 0.330 e. The summed E-state index contributed by atoms with van der Waals surface area (Å²) in [4.78, 5) is 23.2. The molecule has 0 spiro atoms. The molecule has 0 saturated heterocycles. The first-order chi connectivity index (χ1) is 8.54. The summed E-state index contributed by atoms with van der Waals surface area (Å²) in [5, 5.41) is 15.1. The number of aliphatic hydroxyl groups excluding tert-OH is 1. The van der Waals surface area contributed by atoms with Gasteiger partial charge in [-0.3, -0.25) is 4.79 Å². The number of aromatic nitrogens is 1. The first-order valence-electron chi connectivity index (χ1n) is 5.49. The minimum atomic E-state index is -1.10. The van der Waals surface area contributed by atoms with Crippen molar-refractivity contribution in [1.82, 2.24) is 10.5 Å². The van der Waals surface area contributed by atoms with Crippen LogP contribution in [0.4, 0.5) is 0 Å². The van der Waals surface area contributed by atoms with Crippen molar-refractivity contribution in [2.45, 2.75) is 26.3 Å². The third kappa shape index (κ3) is 2.86. The smallest absolute Gasteiger partial charge is 0.330 e. The minimum absolute atomic E-state index is 0.292. The molecule has 0 aliphatic heterocycles. The monoisotopic (exact) mass is 256 g/mol. The van der Waals surface area contributed by atoms with E-state index in [9.17, 15) is 9.59 Å². The largest absolute Gasteiger partial charge is 0.467 e. The standard InChI is InChI=1S/C11H16N2O5/c1-4-7-9(6(2)18-13-7)10(15)12-8(5-14)11(16)17-3/h8,14H,4-5H2,1-3H3,(H,12,15). The number of nitrogens with one attached hydrogen (secondary N) is 1. The summed E-state index contributed by atoms with van der Waals surface area (Å²) in [6.07, 6.45) is 0.530. The van der Waals surface area contributed by atoms with Gasteiger partial charge in [0.2, 0.25) is 0 Å². The SMILES string of the molecule is CCc1noc(C)c1C(=O)NC(CO)C(=O)OC. The summed E-state index contributed by atoms with van der Waals surface area (Å²) in [7, 11) is 1.18. The number of amides is 1. The van der Waals surface area contributed by atoms with E-state index < -0.39 is 24.5 Å². The Bertz CT molecular complexity index is 441. The Labute approximate surface area is 104 Å². The molecular formula is C11H16N2O5. The second-order valence-electron chi connectivity index (χ2n) is 3.65. The summed E-state index contributed by atoms with van der Waals surface area (Å²) in [5.74, 6) is -0.862. The van der Waals surface area contributed by atoms with Crippen LogP contribution in [-0.4, -0.2) is 41.9 Å². The summed E-state index contributed by atoms with van der Waals surface area (Å²) >= 11 is 0. The van der Waals surface area contributed by atoms with Crippen molar-refractivity contribution in [3.05, 3.63) is 17.0 Å². The average Bonchev–Trinajstić information content (AvgIpc) is 2.75. The third-order valence-electron chi connectivity index (χ3n) is 2.47. The zero-order chi connectivity index (χ0) is 13.7. The second-order valence-corrected chi connectivity index (χ2v) is 3.65. The summed E-state index contributed by atoms with van der Waals surface area (Å²) in [5.41, 5.74) is 0.798. The Balaban J connectivity index is 2.87. The molecule has 7 nitrogen and oxygen atoms in total. The molecule has 0 radical (unpaired) electrons. The predicted octanol–water partition coefficient (Wildman–Crippen LogP) is -0.191.